The maximum atomic E-state index is 14.5. The molecule has 3 aromatic rings. The summed E-state index contributed by atoms with van der Waals surface area (Å²) in [5.74, 6) is -1.58. The molecule has 0 aromatic heterocycles. The minimum absolute atomic E-state index is 0.0520. The second-order valence-electron chi connectivity index (χ2n) is 8.51. The zero-order chi connectivity index (χ0) is 26.3. The van der Waals surface area contributed by atoms with Crippen LogP contribution in [0.4, 0.5) is 4.39 Å². The Bertz CT molecular complexity index is 1300. The fraction of sp³-hybridized carbons (Fsp3) is 0.259. The van der Waals surface area contributed by atoms with Gasteiger partial charge in [0, 0.05) is 32.6 Å². The van der Waals surface area contributed by atoms with E-state index < -0.39 is 40.2 Å². The molecule has 0 aliphatic rings. The van der Waals surface area contributed by atoms with Crippen molar-refractivity contribution in [3.63, 3.8) is 0 Å². The highest BCUT2D eigenvalue weighted by atomic mass is 32.2. The number of benzene rings is 3. The first-order chi connectivity index (χ1) is 17.1. The zero-order valence-corrected chi connectivity index (χ0v) is 21.3. The summed E-state index contributed by atoms with van der Waals surface area (Å²) in [5, 5.41) is 2.58. The van der Waals surface area contributed by atoms with Crippen LogP contribution in [-0.4, -0.2) is 56.1 Å². The molecule has 0 fully saturated rings. The van der Waals surface area contributed by atoms with E-state index in [0.29, 0.717) is 0 Å². The molecule has 0 saturated carbocycles. The van der Waals surface area contributed by atoms with Gasteiger partial charge < -0.3 is 10.2 Å². The van der Waals surface area contributed by atoms with Crippen LogP contribution in [0.25, 0.3) is 0 Å². The van der Waals surface area contributed by atoms with Crippen molar-refractivity contribution in [3.8, 4) is 0 Å². The zero-order valence-electron chi connectivity index (χ0n) is 20.5. The molecule has 36 heavy (non-hydrogen) atoms. The lowest BCUT2D eigenvalue weighted by atomic mass is 10.0. The van der Waals surface area contributed by atoms with Gasteiger partial charge in [-0.3, -0.25) is 9.59 Å². The van der Waals surface area contributed by atoms with Crippen molar-refractivity contribution in [3.05, 3.63) is 101 Å². The number of likely N-dealkylation sites (N-methyl/N-ethyl adjacent to an activating group) is 2. The molecular formula is C27H30FN3O4S. The minimum Gasteiger partial charge on any atom is -0.357 e. The van der Waals surface area contributed by atoms with Gasteiger partial charge in [-0.1, -0.05) is 66.2 Å². The molecule has 9 heteroatoms. The number of halogens is 1. The van der Waals surface area contributed by atoms with Gasteiger partial charge in [0.2, 0.25) is 21.8 Å². The van der Waals surface area contributed by atoms with Crippen LogP contribution in [0.2, 0.25) is 0 Å². The van der Waals surface area contributed by atoms with Crippen LogP contribution >= 0.6 is 0 Å². The van der Waals surface area contributed by atoms with E-state index >= 15 is 0 Å². The predicted molar refractivity (Wildman–Crippen MR) is 136 cm³/mol. The van der Waals surface area contributed by atoms with Crippen molar-refractivity contribution in [2.24, 2.45) is 0 Å². The molecule has 0 heterocycles. The number of hydrogen-bond donors (Lipinski definition) is 1. The molecule has 3 aromatic carbocycles. The number of hydrogen-bond acceptors (Lipinski definition) is 4. The highest BCUT2D eigenvalue weighted by Gasteiger charge is 2.33. The van der Waals surface area contributed by atoms with E-state index in [1.165, 1.54) is 49.3 Å². The molecule has 0 aliphatic heterocycles. The SMILES string of the molecule is CNC(=O)[C@@H](Cc1ccccc1)N(Cc1ccccc1F)C(=O)CN(C)S(=O)(=O)c1ccc(C)cc1. The lowest BCUT2D eigenvalue weighted by Gasteiger charge is -2.32. The van der Waals surface area contributed by atoms with E-state index in [1.807, 2.05) is 37.3 Å². The van der Waals surface area contributed by atoms with Gasteiger partial charge in [-0.15, -0.1) is 0 Å². The number of nitrogens with zero attached hydrogens (tertiary/aromatic N) is 2. The fourth-order valence-corrected chi connectivity index (χ4v) is 4.91. The molecule has 1 N–H and O–H groups in total. The maximum absolute atomic E-state index is 14.5. The van der Waals surface area contributed by atoms with Crippen LogP contribution in [-0.2, 0) is 32.6 Å². The molecule has 1 atom stereocenters. The first-order valence-corrected chi connectivity index (χ1v) is 12.9. The Kier molecular flexibility index (Phi) is 8.95. The van der Waals surface area contributed by atoms with Crippen molar-refractivity contribution >= 4 is 21.8 Å². The molecule has 0 radical (unpaired) electrons. The number of sulfonamides is 1. The van der Waals surface area contributed by atoms with Gasteiger partial charge in [0.1, 0.15) is 11.9 Å². The molecule has 0 unspecified atom stereocenters. The van der Waals surface area contributed by atoms with E-state index in [9.17, 15) is 22.4 Å². The Hall–Kier alpha value is -3.56. The van der Waals surface area contributed by atoms with Gasteiger partial charge in [-0.2, -0.15) is 4.31 Å². The van der Waals surface area contributed by atoms with E-state index in [-0.39, 0.29) is 23.4 Å². The summed E-state index contributed by atoms with van der Waals surface area (Å²) < 4.78 is 41.7. The Morgan fingerprint density at radius 3 is 2.17 bits per heavy atom. The van der Waals surface area contributed by atoms with Gasteiger partial charge in [-0.05, 0) is 30.7 Å². The highest BCUT2D eigenvalue weighted by molar-refractivity contribution is 7.89. The topological polar surface area (TPSA) is 86.8 Å². The summed E-state index contributed by atoms with van der Waals surface area (Å²) in [6.07, 6.45) is 0.176. The molecule has 190 valence electrons. The van der Waals surface area contributed by atoms with E-state index in [4.69, 9.17) is 0 Å². The number of carbonyl (C=O) groups is 2. The van der Waals surface area contributed by atoms with Crippen LogP contribution in [0.5, 0.6) is 0 Å². The number of nitrogens with one attached hydrogen (secondary N) is 1. The van der Waals surface area contributed by atoms with Gasteiger partial charge >= 0.3 is 0 Å². The molecule has 0 spiro atoms. The van der Waals surface area contributed by atoms with E-state index in [2.05, 4.69) is 5.32 Å². The summed E-state index contributed by atoms with van der Waals surface area (Å²) in [5.41, 5.74) is 1.92. The Morgan fingerprint density at radius 2 is 1.56 bits per heavy atom. The summed E-state index contributed by atoms with van der Waals surface area (Å²) in [6.45, 7) is 1.12. The average Bonchev–Trinajstić information content (AvgIpc) is 2.87. The third kappa shape index (κ3) is 6.56. The average molecular weight is 512 g/mol. The Balaban J connectivity index is 1.95. The third-order valence-corrected chi connectivity index (χ3v) is 7.72. The molecule has 3 rings (SSSR count). The fourth-order valence-electron chi connectivity index (χ4n) is 3.79. The second kappa shape index (κ2) is 11.9. The largest absolute Gasteiger partial charge is 0.357 e. The molecule has 0 aliphatic carbocycles. The summed E-state index contributed by atoms with van der Waals surface area (Å²) in [7, 11) is -1.20. The maximum Gasteiger partial charge on any atom is 0.243 e. The molecule has 0 saturated heterocycles. The number of carbonyl (C=O) groups excluding carboxylic acids is 2. The van der Waals surface area contributed by atoms with Crippen molar-refractivity contribution in [2.45, 2.75) is 30.8 Å². The number of amides is 2. The van der Waals surface area contributed by atoms with Crippen LogP contribution in [0, 0.1) is 12.7 Å². The lowest BCUT2D eigenvalue weighted by Crippen LogP contribution is -2.52. The Labute approximate surface area is 211 Å². The highest BCUT2D eigenvalue weighted by Crippen LogP contribution is 2.19. The normalized spacial score (nSPS) is 12.2. The van der Waals surface area contributed by atoms with Gasteiger partial charge in [-0.25, -0.2) is 12.8 Å². The summed E-state index contributed by atoms with van der Waals surface area (Å²) in [6, 6.07) is 20.4. The first-order valence-electron chi connectivity index (χ1n) is 11.4. The first kappa shape index (κ1) is 27.0. The van der Waals surface area contributed by atoms with Crippen LogP contribution in [0.1, 0.15) is 16.7 Å². The van der Waals surface area contributed by atoms with Gasteiger partial charge in [0.15, 0.2) is 0 Å². The lowest BCUT2D eigenvalue weighted by molar-refractivity contribution is -0.141. The van der Waals surface area contributed by atoms with Crippen LogP contribution in [0.3, 0.4) is 0 Å². The minimum atomic E-state index is -3.96. The van der Waals surface area contributed by atoms with Gasteiger partial charge in [0.05, 0.1) is 11.4 Å². The second-order valence-corrected chi connectivity index (χ2v) is 10.6. The molecule has 7 nitrogen and oxygen atoms in total. The van der Waals surface area contributed by atoms with Crippen molar-refractivity contribution < 1.29 is 22.4 Å². The van der Waals surface area contributed by atoms with Crippen molar-refractivity contribution in [2.75, 3.05) is 20.6 Å². The number of rotatable bonds is 10. The van der Waals surface area contributed by atoms with E-state index in [1.54, 1.807) is 18.2 Å². The van der Waals surface area contributed by atoms with E-state index in [0.717, 1.165) is 15.4 Å². The number of aryl methyl sites for hydroxylation is 1. The monoisotopic (exact) mass is 511 g/mol. The standard InChI is InChI=1S/C27H30FN3O4S/c1-20-13-15-23(16-14-20)36(34,35)30(3)19-26(32)31(18-22-11-7-8-12-24(22)28)25(27(33)29-2)17-21-9-5-4-6-10-21/h4-16,25H,17-19H2,1-3H3,(H,29,33)/t25-/m1/s1. The Morgan fingerprint density at radius 1 is 0.944 bits per heavy atom. The molecular weight excluding hydrogens is 481 g/mol. The smallest absolute Gasteiger partial charge is 0.243 e. The van der Waals surface area contributed by atoms with Crippen molar-refractivity contribution in [1.82, 2.24) is 14.5 Å². The van der Waals surface area contributed by atoms with Gasteiger partial charge in [0.25, 0.3) is 0 Å². The quantitative estimate of drug-likeness (QED) is 0.453. The third-order valence-electron chi connectivity index (χ3n) is 5.90. The summed E-state index contributed by atoms with van der Waals surface area (Å²) in [4.78, 5) is 27.8. The van der Waals surface area contributed by atoms with Crippen LogP contribution in [0.15, 0.2) is 83.8 Å². The molecule has 0 bridgehead atoms. The molecule has 2 amide bonds. The van der Waals surface area contributed by atoms with Crippen LogP contribution < -0.4 is 5.32 Å². The summed E-state index contributed by atoms with van der Waals surface area (Å²) >= 11 is 0. The predicted octanol–water partition coefficient (Wildman–Crippen LogP) is 3.14. The van der Waals surface area contributed by atoms with Crippen molar-refractivity contribution in [1.29, 1.82) is 0 Å².